The Morgan fingerprint density at radius 3 is 2.61 bits per heavy atom. The molecule has 0 aliphatic carbocycles. The Hall–Kier alpha value is -2.30. The molecule has 2 N–H and O–H groups in total. The summed E-state index contributed by atoms with van der Waals surface area (Å²) in [6.07, 6.45) is 0.196. The number of allylic oxidation sites excluding steroid dienone is 1. The van der Waals surface area contributed by atoms with E-state index in [9.17, 15) is 9.59 Å². The van der Waals surface area contributed by atoms with E-state index in [0.29, 0.717) is 22.3 Å². The van der Waals surface area contributed by atoms with Crippen molar-refractivity contribution in [1.82, 2.24) is 5.32 Å². The van der Waals surface area contributed by atoms with Crippen molar-refractivity contribution >= 4 is 40.7 Å². The van der Waals surface area contributed by atoms with Crippen molar-refractivity contribution in [2.75, 3.05) is 11.9 Å². The molecule has 1 spiro atoms. The predicted molar refractivity (Wildman–Crippen MR) is 112 cm³/mol. The van der Waals surface area contributed by atoms with Gasteiger partial charge in [0.15, 0.2) is 0 Å². The van der Waals surface area contributed by atoms with Gasteiger partial charge in [-0.15, -0.1) is 0 Å². The number of rotatable bonds is 2. The van der Waals surface area contributed by atoms with Crippen LogP contribution in [-0.2, 0) is 15.0 Å². The highest BCUT2D eigenvalue weighted by Gasteiger charge is 2.59. The zero-order chi connectivity index (χ0) is 20.1. The normalized spacial score (nSPS) is 26.4. The second-order valence-corrected chi connectivity index (χ2v) is 8.40. The highest BCUT2D eigenvalue weighted by atomic mass is 35.5. The molecule has 2 aliphatic rings. The van der Waals surface area contributed by atoms with E-state index in [1.807, 2.05) is 31.2 Å². The molecule has 0 radical (unpaired) electrons. The molecule has 2 aromatic carbocycles. The van der Waals surface area contributed by atoms with Gasteiger partial charge in [0.25, 0.3) is 0 Å². The number of carbonyl (C=O) groups is 2. The molecule has 1 fully saturated rings. The second-order valence-electron chi connectivity index (χ2n) is 7.53. The molecule has 0 bridgehead atoms. The molecule has 0 saturated carbocycles. The predicted octanol–water partition coefficient (Wildman–Crippen LogP) is 4.68. The van der Waals surface area contributed by atoms with E-state index in [-0.39, 0.29) is 30.1 Å². The van der Waals surface area contributed by atoms with Crippen molar-refractivity contribution in [2.45, 2.75) is 24.7 Å². The maximum atomic E-state index is 13.6. The third-order valence-corrected chi connectivity index (χ3v) is 6.36. The maximum absolute atomic E-state index is 13.6. The number of halogens is 2. The molecule has 0 aromatic heterocycles. The Bertz CT molecular complexity index is 1000. The van der Waals surface area contributed by atoms with Crippen LogP contribution in [0, 0.1) is 5.92 Å². The van der Waals surface area contributed by atoms with Crippen molar-refractivity contribution in [3.05, 3.63) is 75.8 Å². The van der Waals surface area contributed by atoms with Crippen LogP contribution in [0.3, 0.4) is 0 Å². The van der Waals surface area contributed by atoms with Crippen LogP contribution >= 0.6 is 23.2 Å². The van der Waals surface area contributed by atoms with Crippen molar-refractivity contribution in [2.24, 2.45) is 5.92 Å². The van der Waals surface area contributed by atoms with Crippen LogP contribution in [0.25, 0.3) is 0 Å². The standard InChI is InChI=1S/C22H20Cl2N2O2/c1-12(2)17-10-20(27)25-11-18(13-4-3-5-14(23)8-13)22(17)16-7-6-15(24)9-19(16)26-21(22)28/h3-9,17-18H,1,10-11H2,2H3,(H,25,27)(H,26,28)/t17-,18+,22-/m1/s1. The molecule has 2 aliphatic heterocycles. The zero-order valence-electron chi connectivity index (χ0n) is 15.4. The molecule has 2 heterocycles. The highest BCUT2D eigenvalue weighted by molar-refractivity contribution is 6.31. The molecule has 0 unspecified atom stereocenters. The number of hydrogen-bond acceptors (Lipinski definition) is 2. The molecule has 3 atom stereocenters. The average molecular weight is 415 g/mol. The van der Waals surface area contributed by atoms with Gasteiger partial charge in [0, 0.05) is 40.5 Å². The quantitative estimate of drug-likeness (QED) is 0.700. The minimum Gasteiger partial charge on any atom is -0.355 e. The lowest BCUT2D eigenvalue weighted by Crippen LogP contribution is -2.48. The molecule has 144 valence electrons. The Morgan fingerprint density at radius 1 is 1.14 bits per heavy atom. The third kappa shape index (κ3) is 2.83. The monoisotopic (exact) mass is 414 g/mol. The number of carbonyl (C=O) groups excluding carboxylic acids is 2. The van der Waals surface area contributed by atoms with Crippen LogP contribution in [0.5, 0.6) is 0 Å². The topological polar surface area (TPSA) is 58.2 Å². The Kier molecular flexibility index (Phi) is 4.72. The summed E-state index contributed by atoms with van der Waals surface area (Å²) in [4.78, 5) is 26.1. The highest BCUT2D eigenvalue weighted by Crippen LogP contribution is 2.55. The van der Waals surface area contributed by atoms with Crippen LogP contribution in [0.2, 0.25) is 10.0 Å². The van der Waals surface area contributed by atoms with Crippen LogP contribution < -0.4 is 10.6 Å². The Balaban J connectivity index is 2.03. The SMILES string of the molecule is C=C(C)[C@H]1CC(=O)NC[C@@H](c2cccc(Cl)c2)[C@]12C(=O)Nc1cc(Cl)ccc12. The first-order chi connectivity index (χ1) is 13.3. The first kappa shape index (κ1) is 19.0. The molecular formula is C22H20Cl2N2O2. The van der Waals surface area contributed by atoms with Gasteiger partial charge in [0.05, 0.1) is 5.41 Å². The Labute approximate surface area is 173 Å². The van der Waals surface area contributed by atoms with Gasteiger partial charge in [-0.05, 0) is 42.3 Å². The van der Waals surface area contributed by atoms with E-state index in [0.717, 1.165) is 16.7 Å². The minimum atomic E-state index is -0.977. The van der Waals surface area contributed by atoms with Gasteiger partial charge in [-0.25, -0.2) is 0 Å². The molecule has 2 aromatic rings. The summed E-state index contributed by atoms with van der Waals surface area (Å²) >= 11 is 12.4. The van der Waals surface area contributed by atoms with Crippen molar-refractivity contribution in [1.29, 1.82) is 0 Å². The van der Waals surface area contributed by atoms with Gasteiger partial charge in [0.2, 0.25) is 11.8 Å². The summed E-state index contributed by atoms with van der Waals surface area (Å²) in [5.41, 5.74) is 2.25. The fourth-order valence-corrected chi connectivity index (χ4v) is 5.10. The van der Waals surface area contributed by atoms with Crippen LogP contribution in [0.1, 0.15) is 30.4 Å². The summed E-state index contributed by atoms with van der Waals surface area (Å²) in [7, 11) is 0. The number of hydrogen-bond donors (Lipinski definition) is 2. The maximum Gasteiger partial charge on any atom is 0.236 e. The lowest BCUT2D eigenvalue weighted by atomic mass is 9.59. The summed E-state index contributed by atoms with van der Waals surface area (Å²) < 4.78 is 0. The van der Waals surface area contributed by atoms with Gasteiger partial charge in [-0.3, -0.25) is 9.59 Å². The van der Waals surface area contributed by atoms with E-state index in [2.05, 4.69) is 17.2 Å². The lowest BCUT2D eigenvalue weighted by Gasteiger charge is -2.40. The molecular weight excluding hydrogens is 395 g/mol. The van der Waals surface area contributed by atoms with Crippen molar-refractivity contribution < 1.29 is 9.59 Å². The summed E-state index contributed by atoms with van der Waals surface area (Å²) in [5.74, 6) is -0.894. The molecule has 1 saturated heterocycles. The first-order valence-electron chi connectivity index (χ1n) is 9.13. The number of fused-ring (bicyclic) bond motifs is 2. The van der Waals surface area contributed by atoms with Gasteiger partial charge in [-0.1, -0.05) is 53.6 Å². The third-order valence-electron chi connectivity index (χ3n) is 5.89. The number of benzene rings is 2. The first-order valence-corrected chi connectivity index (χ1v) is 9.88. The molecule has 28 heavy (non-hydrogen) atoms. The largest absolute Gasteiger partial charge is 0.355 e. The van der Waals surface area contributed by atoms with E-state index < -0.39 is 5.41 Å². The smallest absolute Gasteiger partial charge is 0.236 e. The van der Waals surface area contributed by atoms with E-state index >= 15 is 0 Å². The van der Waals surface area contributed by atoms with Crippen LogP contribution in [0.4, 0.5) is 5.69 Å². The zero-order valence-corrected chi connectivity index (χ0v) is 16.9. The fourth-order valence-electron chi connectivity index (χ4n) is 4.73. The average Bonchev–Trinajstić information content (AvgIpc) is 2.80. The number of anilines is 1. The number of amides is 2. The molecule has 2 amide bonds. The Morgan fingerprint density at radius 2 is 1.89 bits per heavy atom. The van der Waals surface area contributed by atoms with E-state index in [4.69, 9.17) is 23.2 Å². The molecule has 4 nitrogen and oxygen atoms in total. The summed E-state index contributed by atoms with van der Waals surface area (Å²) in [6, 6.07) is 12.9. The van der Waals surface area contributed by atoms with Gasteiger partial charge >= 0.3 is 0 Å². The van der Waals surface area contributed by atoms with Crippen molar-refractivity contribution in [3.63, 3.8) is 0 Å². The lowest BCUT2D eigenvalue weighted by molar-refractivity contribution is -0.124. The minimum absolute atomic E-state index is 0.0906. The molecule has 6 heteroatoms. The van der Waals surface area contributed by atoms with Gasteiger partial charge in [0.1, 0.15) is 0 Å². The summed E-state index contributed by atoms with van der Waals surface area (Å²) in [6.45, 7) is 6.34. The van der Waals surface area contributed by atoms with Crippen LogP contribution in [-0.4, -0.2) is 18.4 Å². The van der Waals surface area contributed by atoms with Crippen LogP contribution in [0.15, 0.2) is 54.6 Å². The van der Waals surface area contributed by atoms with E-state index in [1.165, 1.54) is 0 Å². The fraction of sp³-hybridized carbons (Fsp3) is 0.273. The van der Waals surface area contributed by atoms with Crippen molar-refractivity contribution in [3.8, 4) is 0 Å². The number of nitrogens with one attached hydrogen (secondary N) is 2. The molecule has 4 rings (SSSR count). The van der Waals surface area contributed by atoms with E-state index in [1.54, 1.807) is 18.2 Å². The second kappa shape index (κ2) is 6.94. The van der Waals surface area contributed by atoms with Gasteiger partial charge in [-0.2, -0.15) is 0 Å². The summed E-state index contributed by atoms with van der Waals surface area (Å²) in [5, 5.41) is 7.12. The van der Waals surface area contributed by atoms with Gasteiger partial charge < -0.3 is 10.6 Å².